The second kappa shape index (κ2) is 7.85. The molecule has 1 rings (SSSR count). The topological polar surface area (TPSA) is 107 Å². The molecule has 0 aromatic rings. The molecule has 1 fully saturated rings. The van der Waals surface area contributed by atoms with E-state index in [1.165, 1.54) is 0 Å². The second-order valence-electron chi connectivity index (χ2n) is 5.92. The van der Waals surface area contributed by atoms with Gasteiger partial charge in [-0.15, -0.1) is 0 Å². The summed E-state index contributed by atoms with van der Waals surface area (Å²) in [7, 11) is 0. The van der Waals surface area contributed by atoms with E-state index < -0.39 is 30.4 Å². The third-order valence-corrected chi connectivity index (χ3v) is 3.56. The summed E-state index contributed by atoms with van der Waals surface area (Å²) in [6.45, 7) is 4.51. The van der Waals surface area contributed by atoms with Crippen LogP contribution in [0.3, 0.4) is 0 Å². The maximum atomic E-state index is 12.3. The van der Waals surface area contributed by atoms with Crippen LogP contribution < -0.4 is 5.32 Å². The van der Waals surface area contributed by atoms with Crippen LogP contribution in [-0.2, 0) is 9.59 Å². The zero-order valence-corrected chi connectivity index (χ0v) is 12.5. The second-order valence-corrected chi connectivity index (χ2v) is 5.92. The van der Waals surface area contributed by atoms with E-state index in [1.807, 2.05) is 13.8 Å². The van der Waals surface area contributed by atoms with E-state index in [1.54, 1.807) is 4.90 Å². The van der Waals surface area contributed by atoms with Crippen LogP contribution in [0.5, 0.6) is 0 Å². The van der Waals surface area contributed by atoms with Gasteiger partial charge in [-0.2, -0.15) is 0 Å². The third-order valence-electron chi connectivity index (χ3n) is 3.56. The number of nitrogens with zero attached hydrogens (tertiary/aromatic N) is 1. The van der Waals surface area contributed by atoms with Gasteiger partial charge in [0.15, 0.2) is 0 Å². The van der Waals surface area contributed by atoms with Gasteiger partial charge in [0.1, 0.15) is 6.04 Å². The Bertz CT molecular complexity index is 391. The van der Waals surface area contributed by atoms with Gasteiger partial charge in [-0.05, 0) is 18.8 Å². The normalized spacial score (nSPS) is 16.7. The summed E-state index contributed by atoms with van der Waals surface area (Å²) in [5.41, 5.74) is 0. The van der Waals surface area contributed by atoms with Crippen LogP contribution in [0.2, 0.25) is 0 Å². The maximum absolute atomic E-state index is 12.3. The molecule has 2 amide bonds. The van der Waals surface area contributed by atoms with Crippen molar-refractivity contribution in [3.05, 3.63) is 0 Å². The van der Waals surface area contributed by atoms with Crippen LogP contribution >= 0.6 is 0 Å². The van der Waals surface area contributed by atoms with Gasteiger partial charge in [0, 0.05) is 12.6 Å². The fourth-order valence-electron chi connectivity index (χ4n) is 2.61. The predicted molar refractivity (Wildman–Crippen MR) is 76.0 cm³/mol. The molecule has 0 aliphatic heterocycles. The van der Waals surface area contributed by atoms with Crippen LogP contribution in [0, 0.1) is 5.92 Å². The third kappa shape index (κ3) is 5.61. The quantitative estimate of drug-likeness (QED) is 0.661. The first-order chi connectivity index (χ1) is 9.81. The fourth-order valence-corrected chi connectivity index (χ4v) is 2.61. The van der Waals surface area contributed by atoms with E-state index in [4.69, 9.17) is 10.2 Å². The SMILES string of the molecule is CC(C)CN(C(=O)N[C@H](CC(=O)O)C(=O)O)C1CCCC1. The molecule has 0 radical (unpaired) electrons. The molecular weight excluding hydrogens is 276 g/mol. The Balaban J connectivity index is 2.73. The van der Waals surface area contributed by atoms with Crippen molar-refractivity contribution < 1.29 is 24.6 Å². The van der Waals surface area contributed by atoms with E-state index in [0.717, 1.165) is 25.7 Å². The highest BCUT2D eigenvalue weighted by Crippen LogP contribution is 2.24. The molecule has 1 aliphatic carbocycles. The molecule has 0 aromatic heterocycles. The minimum Gasteiger partial charge on any atom is -0.481 e. The van der Waals surface area contributed by atoms with Crippen LogP contribution in [0.4, 0.5) is 4.79 Å². The summed E-state index contributed by atoms with van der Waals surface area (Å²) in [4.78, 5) is 35.7. The number of rotatable bonds is 7. The number of amides is 2. The van der Waals surface area contributed by atoms with Crippen molar-refractivity contribution >= 4 is 18.0 Å². The molecule has 21 heavy (non-hydrogen) atoms. The van der Waals surface area contributed by atoms with Crippen LogP contribution in [-0.4, -0.2) is 51.7 Å². The number of aliphatic carboxylic acids is 2. The van der Waals surface area contributed by atoms with Crippen molar-refractivity contribution in [1.82, 2.24) is 10.2 Å². The van der Waals surface area contributed by atoms with Gasteiger partial charge in [0.2, 0.25) is 0 Å². The fraction of sp³-hybridized carbons (Fsp3) is 0.786. The number of carboxylic acids is 2. The lowest BCUT2D eigenvalue weighted by Gasteiger charge is -2.31. The van der Waals surface area contributed by atoms with Gasteiger partial charge < -0.3 is 20.4 Å². The molecule has 0 heterocycles. The monoisotopic (exact) mass is 300 g/mol. The van der Waals surface area contributed by atoms with Gasteiger partial charge in [-0.3, -0.25) is 4.79 Å². The zero-order chi connectivity index (χ0) is 16.0. The predicted octanol–water partition coefficient (Wildman–Crippen LogP) is 1.52. The summed E-state index contributed by atoms with van der Waals surface area (Å²) in [6, 6.07) is -1.76. The van der Waals surface area contributed by atoms with E-state index >= 15 is 0 Å². The van der Waals surface area contributed by atoms with Crippen molar-refractivity contribution in [1.29, 1.82) is 0 Å². The molecule has 1 aliphatic rings. The standard InChI is InChI=1S/C14H24N2O5/c1-9(2)8-16(10-5-3-4-6-10)14(21)15-11(13(19)20)7-12(17)18/h9-11H,3-8H2,1-2H3,(H,15,21)(H,17,18)(H,19,20)/t11-/m1/s1. The molecular formula is C14H24N2O5. The highest BCUT2D eigenvalue weighted by atomic mass is 16.4. The lowest BCUT2D eigenvalue weighted by atomic mass is 10.1. The molecule has 0 saturated heterocycles. The summed E-state index contributed by atoms with van der Waals surface area (Å²) in [6.07, 6.45) is 3.32. The number of carboxylic acid groups (broad SMARTS) is 2. The van der Waals surface area contributed by atoms with Gasteiger partial charge in [0.25, 0.3) is 0 Å². The minimum absolute atomic E-state index is 0.117. The van der Waals surface area contributed by atoms with Crippen LogP contribution in [0.15, 0.2) is 0 Å². The molecule has 0 bridgehead atoms. The van der Waals surface area contributed by atoms with Gasteiger partial charge >= 0.3 is 18.0 Å². The number of urea groups is 1. The molecule has 7 heteroatoms. The number of carbonyl (C=O) groups is 3. The Morgan fingerprint density at radius 2 is 1.76 bits per heavy atom. The molecule has 0 spiro atoms. The summed E-state index contributed by atoms with van der Waals surface area (Å²) >= 11 is 0. The van der Waals surface area contributed by atoms with E-state index in [-0.39, 0.29) is 12.0 Å². The lowest BCUT2D eigenvalue weighted by molar-refractivity contribution is -0.145. The molecule has 3 N–H and O–H groups in total. The highest BCUT2D eigenvalue weighted by molar-refractivity contribution is 5.86. The Kier molecular flexibility index (Phi) is 6.45. The Hall–Kier alpha value is -1.79. The first-order valence-electron chi connectivity index (χ1n) is 7.33. The summed E-state index contributed by atoms with van der Waals surface area (Å²) in [5.74, 6) is -2.32. The first-order valence-corrected chi connectivity index (χ1v) is 7.33. The molecule has 7 nitrogen and oxygen atoms in total. The average Bonchev–Trinajstić information content (AvgIpc) is 2.87. The Morgan fingerprint density at radius 3 is 2.19 bits per heavy atom. The van der Waals surface area contributed by atoms with Crippen molar-refractivity contribution in [2.45, 2.75) is 58.0 Å². The van der Waals surface area contributed by atoms with Crippen LogP contribution in [0.25, 0.3) is 0 Å². The maximum Gasteiger partial charge on any atom is 0.326 e. The largest absolute Gasteiger partial charge is 0.481 e. The number of hydrogen-bond donors (Lipinski definition) is 3. The smallest absolute Gasteiger partial charge is 0.326 e. The molecule has 1 saturated carbocycles. The minimum atomic E-state index is -1.40. The number of nitrogens with one attached hydrogen (secondary N) is 1. The van der Waals surface area contributed by atoms with E-state index in [9.17, 15) is 14.4 Å². The average molecular weight is 300 g/mol. The molecule has 120 valence electrons. The summed E-state index contributed by atoms with van der Waals surface area (Å²) in [5, 5.41) is 20.1. The van der Waals surface area contributed by atoms with Crippen molar-refractivity contribution in [3.8, 4) is 0 Å². The van der Waals surface area contributed by atoms with Gasteiger partial charge in [0.05, 0.1) is 6.42 Å². The van der Waals surface area contributed by atoms with E-state index in [2.05, 4.69) is 5.32 Å². The Labute approximate surface area is 124 Å². The Morgan fingerprint density at radius 1 is 1.19 bits per heavy atom. The summed E-state index contributed by atoms with van der Waals surface area (Å²) < 4.78 is 0. The van der Waals surface area contributed by atoms with Crippen LogP contribution in [0.1, 0.15) is 46.0 Å². The highest BCUT2D eigenvalue weighted by Gasteiger charge is 2.30. The van der Waals surface area contributed by atoms with Crippen molar-refractivity contribution in [3.63, 3.8) is 0 Å². The van der Waals surface area contributed by atoms with Crippen molar-refractivity contribution in [2.75, 3.05) is 6.54 Å². The molecule has 0 aromatic carbocycles. The lowest BCUT2D eigenvalue weighted by Crippen LogP contribution is -2.52. The van der Waals surface area contributed by atoms with E-state index in [0.29, 0.717) is 6.54 Å². The molecule has 0 unspecified atom stereocenters. The van der Waals surface area contributed by atoms with Gasteiger partial charge in [-0.1, -0.05) is 26.7 Å². The number of carbonyl (C=O) groups excluding carboxylic acids is 1. The zero-order valence-electron chi connectivity index (χ0n) is 12.5. The number of hydrogen-bond acceptors (Lipinski definition) is 3. The first kappa shape index (κ1) is 17.3. The molecule has 1 atom stereocenters. The van der Waals surface area contributed by atoms with Crippen molar-refractivity contribution in [2.24, 2.45) is 5.92 Å². The van der Waals surface area contributed by atoms with Gasteiger partial charge in [-0.25, -0.2) is 9.59 Å².